The van der Waals surface area contributed by atoms with Gasteiger partial charge in [0.2, 0.25) is 0 Å². The van der Waals surface area contributed by atoms with E-state index in [0.29, 0.717) is 11.3 Å². The van der Waals surface area contributed by atoms with E-state index < -0.39 is 0 Å². The Kier molecular flexibility index (Phi) is 5.38. The number of halogens is 1. The first-order chi connectivity index (χ1) is 8.06. The SMILES string of the molecule is CN(C)CCCN(C)c1c(F)cccc1CO. The molecule has 0 aliphatic heterocycles. The van der Waals surface area contributed by atoms with Crippen LogP contribution < -0.4 is 4.90 Å². The van der Waals surface area contributed by atoms with Crippen molar-refractivity contribution in [1.29, 1.82) is 0 Å². The largest absolute Gasteiger partial charge is 0.392 e. The Balaban J connectivity index is 2.70. The summed E-state index contributed by atoms with van der Waals surface area (Å²) in [6, 6.07) is 4.80. The van der Waals surface area contributed by atoms with Crippen LogP contribution in [0.25, 0.3) is 0 Å². The molecule has 0 spiro atoms. The molecule has 1 N–H and O–H groups in total. The maximum absolute atomic E-state index is 13.7. The lowest BCUT2D eigenvalue weighted by molar-refractivity contribution is 0.281. The zero-order chi connectivity index (χ0) is 12.8. The lowest BCUT2D eigenvalue weighted by atomic mass is 10.1. The van der Waals surface area contributed by atoms with Crippen LogP contribution in [-0.4, -0.2) is 44.2 Å². The predicted octanol–water partition coefficient (Wildman–Crippen LogP) is 1.71. The van der Waals surface area contributed by atoms with E-state index >= 15 is 0 Å². The van der Waals surface area contributed by atoms with Crippen molar-refractivity contribution in [1.82, 2.24) is 4.90 Å². The average molecular weight is 240 g/mol. The molecule has 1 aromatic carbocycles. The lowest BCUT2D eigenvalue weighted by Crippen LogP contribution is -2.25. The number of hydrogen-bond donors (Lipinski definition) is 1. The van der Waals surface area contributed by atoms with Gasteiger partial charge in [-0.15, -0.1) is 0 Å². The standard InChI is InChI=1S/C13H21FN2O/c1-15(2)8-5-9-16(3)13-11(10-17)6-4-7-12(13)14/h4,6-7,17H,5,8-10H2,1-3H3. The van der Waals surface area contributed by atoms with Crippen molar-refractivity contribution in [3.8, 4) is 0 Å². The number of anilines is 1. The maximum Gasteiger partial charge on any atom is 0.146 e. The number of nitrogens with zero attached hydrogens (tertiary/aromatic N) is 2. The van der Waals surface area contributed by atoms with Crippen molar-refractivity contribution in [3.05, 3.63) is 29.6 Å². The summed E-state index contributed by atoms with van der Waals surface area (Å²) >= 11 is 0. The molecule has 0 heterocycles. The van der Waals surface area contributed by atoms with E-state index in [1.165, 1.54) is 6.07 Å². The molecule has 96 valence electrons. The molecule has 0 fully saturated rings. The molecule has 0 saturated carbocycles. The smallest absolute Gasteiger partial charge is 0.146 e. The molecule has 17 heavy (non-hydrogen) atoms. The third-order valence-electron chi connectivity index (χ3n) is 2.72. The number of benzene rings is 1. The third-order valence-corrected chi connectivity index (χ3v) is 2.72. The minimum atomic E-state index is -0.274. The van der Waals surface area contributed by atoms with Gasteiger partial charge in [0.25, 0.3) is 0 Å². The number of hydrogen-bond acceptors (Lipinski definition) is 3. The van der Waals surface area contributed by atoms with Gasteiger partial charge in [-0.05, 0) is 33.1 Å². The number of rotatable bonds is 6. The highest BCUT2D eigenvalue weighted by molar-refractivity contribution is 5.54. The molecule has 1 aromatic rings. The molecule has 0 bridgehead atoms. The topological polar surface area (TPSA) is 26.7 Å². The van der Waals surface area contributed by atoms with E-state index in [2.05, 4.69) is 4.90 Å². The summed E-state index contributed by atoms with van der Waals surface area (Å²) in [7, 11) is 5.89. The van der Waals surface area contributed by atoms with Crippen LogP contribution in [0.5, 0.6) is 0 Å². The normalized spacial score (nSPS) is 10.9. The fourth-order valence-corrected chi connectivity index (χ4v) is 1.85. The van der Waals surface area contributed by atoms with Crippen LogP contribution in [0, 0.1) is 5.82 Å². The summed E-state index contributed by atoms with van der Waals surface area (Å²) in [5, 5.41) is 9.20. The molecule has 0 aromatic heterocycles. The fraction of sp³-hybridized carbons (Fsp3) is 0.538. The molecule has 0 aliphatic rings. The van der Waals surface area contributed by atoms with Gasteiger partial charge in [0.15, 0.2) is 0 Å². The zero-order valence-corrected chi connectivity index (χ0v) is 10.8. The highest BCUT2D eigenvalue weighted by atomic mass is 19.1. The summed E-state index contributed by atoms with van der Waals surface area (Å²) in [6.07, 6.45) is 0.961. The summed E-state index contributed by atoms with van der Waals surface area (Å²) < 4.78 is 13.7. The van der Waals surface area contributed by atoms with Crippen LogP contribution in [0.4, 0.5) is 10.1 Å². The molecular formula is C13H21FN2O. The van der Waals surface area contributed by atoms with E-state index in [4.69, 9.17) is 0 Å². The highest BCUT2D eigenvalue weighted by Gasteiger charge is 2.11. The van der Waals surface area contributed by atoms with Crippen molar-refractivity contribution in [2.24, 2.45) is 0 Å². The predicted molar refractivity (Wildman–Crippen MR) is 68.8 cm³/mol. The second kappa shape index (κ2) is 6.57. The summed E-state index contributed by atoms with van der Waals surface area (Å²) in [5.41, 5.74) is 1.14. The van der Waals surface area contributed by atoms with Gasteiger partial charge in [-0.1, -0.05) is 12.1 Å². The van der Waals surface area contributed by atoms with Crippen molar-refractivity contribution in [3.63, 3.8) is 0 Å². The van der Waals surface area contributed by atoms with Crippen LogP contribution in [0.2, 0.25) is 0 Å². The molecule has 3 nitrogen and oxygen atoms in total. The van der Waals surface area contributed by atoms with E-state index in [-0.39, 0.29) is 12.4 Å². The van der Waals surface area contributed by atoms with Crippen LogP contribution >= 0.6 is 0 Å². The summed E-state index contributed by atoms with van der Waals surface area (Å²) in [6.45, 7) is 1.60. The minimum Gasteiger partial charge on any atom is -0.392 e. The number of aliphatic hydroxyl groups excluding tert-OH is 1. The first-order valence-corrected chi connectivity index (χ1v) is 5.80. The quantitative estimate of drug-likeness (QED) is 0.820. The molecule has 0 saturated heterocycles. The van der Waals surface area contributed by atoms with Gasteiger partial charge in [0.1, 0.15) is 5.82 Å². The van der Waals surface area contributed by atoms with Crippen LogP contribution in [0.3, 0.4) is 0 Å². The van der Waals surface area contributed by atoms with Gasteiger partial charge < -0.3 is 14.9 Å². The van der Waals surface area contributed by atoms with Crippen LogP contribution in [0.1, 0.15) is 12.0 Å². The van der Waals surface area contributed by atoms with Gasteiger partial charge in [0.05, 0.1) is 12.3 Å². The molecule has 0 atom stereocenters. The lowest BCUT2D eigenvalue weighted by Gasteiger charge is -2.23. The van der Waals surface area contributed by atoms with Gasteiger partial charge in [-0.2, -0.15) is 0 Å². The molecular weight excluding hydrogens is 219 g/mol. The zero-order valence-electron chi connectivity index (χ0n) is 10.8. The molecule has 0 radical (unpaired) electrons. The Hall–Kier alpha value is -1.13. The Morgan fingerprint density at radius 2 is 1.88 bits per heavy atom. The first-order valence-electron chi connectivity index (χ1n) is 5.80. The second-order valence-corrected chi connectivity index (χ2v) is 4.48. The van der Waals surface area contributed by atoms with Crippen molar-refractivity contribution in [2.75, 3.05) is 39.1 Å². The second-order valence-electron chi connectivity index (χ2n) is 4.48. The van der Waals surface area contributed by atoms with Gasteiger partial charge in [0, 0.05) is 19.2 Å². The fourth-order valence-electron chi connectivity index (χ4n) is 1.85. The Bertz CT molecular complexity index is 355. The summed E-state index contributed by atoms with van der Waals surface area (Å²) in [5.74, 6) is -0.274. The molecule has 0 amide bonds. The van der Waals surface area contributed by atoms with Gasteiger partial charge >= 0.3 is 0 Å². The van der Waals surface area contributed by atoms with Crippen molar-refractivity contribution < 1.29 is 9.50 Å². The van der Waals surface area contributed by atoms with E-state index in [9.17, 15) is 9.50 Å². The van der Waals surface area contributed by atoms with E-state index in [1.54, 1.807) is 12.1 Å². The van der Waals surface area contributed by atoms with Crippen molar-refractivity contribution in [2.45, 2.75) is 13.0 Å². The van der Waals surface area contributed by atoms with E-state index in [0.717, 1.165) is 19.5 Å². The minimum absolute atomic E-state index is 0.134. The first kappa shape index (κ1) is 13.9. The average Bonchev–Trinajstić information content (AvgIpc) is 2.27. The molecule has 0 aliphatic carbocycles. The molecule has 0 unspecified atom stereocenters. The van der Waals surface area contributed by atoms with Crippen LogP contribution in [0.15, 0.2) is 18.2 Å². The van der Waals surface area contributed by atoms with Gasteiger partial charge in [-0.3, -0.25) is 0 Å². The highest BCUT2D eigenvalue weighted by Crippen LogP contribution is 2.23. The Morgan fingerprint density at radius 3 is 2.47 bits per heavy atom. The van der Waals surface area contributed by atoms with Crippen molar-refractivity contribution >= 4 is 5.69 Å². The van der Waals surface area contributed by atoms with E-state index in [1.807, 2.05) is 26.0 Å². The Labute approximate surface area is 102 Å². The monoisotopic (exact) mass is 240 g/mol. The van der Waals surface area contributed by atoms with Gasteiger partial charge in [-0.25, -0.2) is 4.39 Å². The molecule has 4 heteroatoms. The number of para-hydroxylation sites is 1. The molecule has 1 rings (SSSR count). The number of aliphatic hydroxyl groups is 1. The third kappa shape index (κ3) is 3.98. The Morgan fingerprint density at radius 1 is 1.18 bits per heavy atom. The summed E-state index contributed by atoms with van der Waals surface area (Å²) in [4.78, 5) is 3.96. The maximum atomic E-state index is 13.7. The van der Waals surface area contributed by atoms with Crippen LogP contribution in [-0.2, 0) is 6.61 Å².